The molecule has 0 saturated heterocycles. The van der Waals surface area contributed by atoms with E-state index >= 15 is 0 Å². The maximum Gasteiger partial charge on any atom is 0.323 e. The highest BCUT2D eigenvalue weighted by atomic mass is 31.2. The number of aromatic hydroxyl groups is 1. The number of aliphatic carboxylic acids is 2. The first-order chi connectivity index (χ1) is 26.5. The van der Waals surface area contributed by atoms with Gasteiger partial charge in [0.2, 0.25) is 7.44 Å². The summed E-state index contributed by atoms with van der Waals surface area (Å²) in [6.07, 6.45) is 2.84. The zero-order chi connectivity index (χ0) is 43.9. The Kier molecular flexibility index (Phi) is 25.7. The van der Waals surface area contributed by atoms with E-state index in [1.54, 1.807) is 33.8 Å². The van der Waals surface area contributed by atoms with Gasteiger partial charge in [0.15, 0.2) is 6.35 Å². The van der Waals surface area contributed by atoms with Gasteiger partial charge in [-0.05, 0) is 139 Å². The number of nitrogens with one attached hydrogen (secondary N) is 2. The number of carboxylic acids is 2. The SMILES string of the molecule is CC(=O)O.CC(=O)O.Cc1cc(OCP(=O)(NC(CCCCN)C(=O)OC(C)C)NC(CCCCN)C(=O)OC(C)C)cc(C)c1Cc1ccc(O)c(C(C)C)c1. The molecule has 0 radical (unpaired) electrons. The first-order valence-corrected chi connectivity index (χ1v) is 21.3. The fourth-order valence-corrected chi connectivity index (χ4v) is 7.59. The van der Waals surface area contributed by atoms with Crippen molar-refractivity contribution in [3.63, 3.8) is 0 Å². The Morgan fingerprint density at radius 2 is 1.16 bits per heavy atom. The Morgan fingerprint density at radius 1 is 0.737 bits per heavy atom. The molecule has 0 spiro atoms. The lowest BCUT2D eigenvalue weighted by atomic mass is 9.93. The van der Waals surface area contributed by atoms with E-state index in [4.69, 9.17) is 45.5 Å². The van der Waals surface area contributed by atoms with Gasteiger partial charge >= 0.3 is 11.9 Å². The third-order valence-electron chi connectivity index (χ3n) is 8.07. The van der Waals surface area contributed by atoms with Crippen molar-refractivity contribution in [2.75, 3.05) is 19.4 Å². The third kappa shape index (κ3) is 23.1. The molecular formula is C41H69N4O11P. The molecule has 0 fully saturated rings. The van der Waals surface area contributed by atoms with Crippen LogP contribution in [0.15, 0.2) is 30.3 Å². The Bertz CT molecular complexity index is 1520. The van der Waals surface area contributed by atoms with Gasteiger partial charge in [-0.15, -0.1) is 0 Å². The molecule has 0 amide bonds. The number of nitrogens with two attached hydrogens (primary N) is 2. The van der Waals surface area contributed by atoms with Crippen molar-refractivity contribution >= 4 is 31.3 Å². The van der Waals surface area contributed by atoms with Gasteiger partial charge in [-0.3, -0.25) is 23.7 Å². The van der Waals surface area contributed by atoms with Gasteiger partial charge < -0.3 is 41.0 Å². The number of phenols is 1. The predicted molar refractivity (Wildman–Crippen MR) is 223 cm³/mol. The Labute approximate surface area is 339 Å². The molecule has 0 bridgehead atoms. The number of esters is 2. The number of hydrogen-bond donors (Lipinski definition) is 7. The van der Waals surface area contributed by atoms with Crippen molar-refractivity contribution in [1.82, 2.24) is 10.2 Å². The van der Waals surface area contributed by atoms with E-state index in [1.165, 1.54) is 0 Å². The van der Waals surface area contributed by atoms with Crippen LogP contribution < -0.4 is 26.4 Å². The topological polar surface area (TPSA) is 250 Å². The number of benzene rings is 2. The second-order valence-electron chi connectivity index (χ2n) is 14.7. The largest absolute Gasteiger partial charge is 0.508 e. The summed E-state index contributed by atoms with van der Waals surface area (Å²) < 4.78 is 32.1. The molecule has 2 aromatic carbocycles. The Morgan fingerprint density at radius 3 is 1.53 bits per heavy atom. The summed E-state index contributed by atoms with van der Waals surface area (Å²) in [4.78, 5) is 44.4. The minimum atomic E-state index is -3.82. The minimum Gasteiger partial charge on any atom is -0.508 e. The van der Waals surface area contributed by atoms with Crippen LogP contribution in [0.4, 0.5) is 0 Å². The van der Waals surface area contributed by atoms with Crippen LogP contribution in [-0.4, -0.2) is 82.9 Å². The molecule has 2 unspecified atom stereocenters. The number of carboxylic acid groups (broad SMARTS) is 2. The van der Waals surface area contributed by atoms with Crippen molar-refractivity contribution in [2.24, 2.45) is 11.5 Å². The summed E-state index contributed by atoms with van der Waals surface area (Å²) in [5, 5.41) is 31.2. The fraction of sp³-hybridized carbons (Fsp3) is 0.610. The second-order valence-corrected chi connectivity index (χ2v) is 17.0. The van der Waals surface area contributed by atoms with Crippen molar-refractivity contribution in [1.29, 1.82) is 0 Å². The van der Waals surface area contributed by atoms with E-state index in [1.807, 2.05) is 38.1 Å². The van der Waals surface area contributed by atoms with E-state index < -0.39 is 43.4 Å². The molecule has 57 heavy (non-hydrogen) atoms. The summed E-state index contributed by atoms with van der Waals surface area (Å²) in [6.45, 7) is 18.2. The number of hydrogen-bond acceptors (Lipinski definition) is 11. The van der Waals surface area contributed by atoms with Crippen molar-refractivity contribution in [3.8, 4) is 11.5 Å². The van der Waals surface area contributed by atoms with Crippen LogP contribution in [-0.2, 0) is 39.6 Å². The quantitative estimate of drug-likeness (QED) is 0.0380. The number of carbonyl (C=O) groups excluding carboxylic acids is 2. The highest BCUT2D eigenvalue weighted by Gasteiger charge is 2.36. The van der Waals surface area contributed by atoms with Crippen LogP contribution in [0, 0.1) is 13.8 Å². The standard InChI is InChI=1S/C37H61N4O7P.2C2H4O2/c1-24(2)31-21-29(15-16-35(31)42)22-32-27(7)19-30(20-28(32)8)46-23-49(45,40-33(13-9-11-17-38)36(43)47-25(3)4)41-34(14-10-12-18-39)37(44)48-26(5)6;2*1-2(3)4/h15-16,19-21,24-26,33-34,42H,9-14,17-18,22-23,38-39H2,1-8H3,(H2,40,41,45);2*1H3,(H,3,4). The highest BCUT2D eigenvalue weighted by molar-refractivity contribution is 7.59. The lowest BCUT2D eigenvalue weighted by Gasteiger charge is -2.30. The zero-order valence-electron chi connectivity index (χ0n) is 35.6. The normalized spacial score (nSPS) is 13.0. The smallest absolute Gasteiger partial charge is 0.323 e. The minimum absolute atomic E-state index is 0.191. The third-order valence-corrected chi connectivity index (χ3v) is 10.0. The maximum atomic E-state index is 14.8. The van der Waals surface area contributed by atoms with Crippen LogP contribution in [0.25, 0.3) is 0 Å². The summed E-state index contributed by atoms with van der Waals surface area (Å²) in [7, 11) is -3.82. The number of unbranched alkanes of at least 4 members (excludes halogenated alkanes) is 2. The maximum absolute atomic E-state index is 14.8. The predicted octanol–water partition coefficient (Wildman–Crippen LogP) is 6.51. The molecule has 0 aliphatic rings. The van der Waals surface area contributed by atoms with Gasteiger partial charge in [0.05, 0.1) is 12.2 Å². The number of aryl methyl sites for hydroxylation is 2. The van der Waals surface area contributed by atoms with Crippen molar-refractivity contribution < 1.29 is 53.3 Å². The van der Waals surface area contributed by atoms with E-state index in [0.717, 1.165) is 41.7 Å². The summed E-state index contributed by atoms with van der Waals surface area (Å²) >= 11 is 0. The van der Waals surface area contributed by atoms with Gasteiger partial charge in [-0.25, -0.2) is 10.2 Å². The summed E-state index contributed by atoms with van der Waals surface area (Å²) in [6, 6.07) is 7.66. The molecule has 2 rings (SSSR count). The molecule has 15 nitrogen and oxygen atoms in total. The Hall–Kier alpha value is -4.01. The fourth-order valence-electron chi connectivity index (χ4n) is 5.56. The van der Waals surface area contributed by atoms with Crippen LogP contribution in [0.5, 0.6) is 11.5 Å². The molecule has 0 heterocycles. The summed E-state index contributed by atoms with van der Waals surface area (Å²) in [5.41, 5.74) is 16.5. The van der Waals surface area contributed by atoms with Gasteiger partial charge in [0, 0.05) is 13.8 Å². The first kappa shape index (κ1) is 53.0. The Balaban J connectivity index is 0.00000356. The molecule has 2 aromatic rings. The van der Waals surface area contributed by atoms with Crippen molar-refractivity contribution in [3.05, 3.63) is 58.1 Å². The second kappa shape index (κ2) is 27.6. The molecule has 9 N–H and O–H groups in total. The zero-order valence-corrected chi connectivity index (χ0v) is 36.4. The summed E-state index contributed by atoms with van der Waals surface area (Å²) in [5.74, 6) is -1.75. The van der Waals surface area contributed by atoms with Gasteiger partial charge in [-0.2, -0.15) is 0 Å². The van der Waals surface area contributed by atoms with Crippen LogP contribution in [0.2, 0.25) is 0 Å². The van der Waals surface area contributed by atoms with Gasteiger partial charge in [0.1, 0.15) is 23.6 Å². The van der Waals surface area contributed by atoms with Crippen molar-refractivity contribution in [2.45, 2.75) is 144 Å². The molecule has 324 valence electrons. The molecule has 0 aliphatic heterocycles. The number of ether oxygens (including phenoxy) is 3. The molecule has 16 heteroatoms. The highest BCUT2D eigenvalue weighted by Crippen LogP contribution is 2.40. The first-order valence-electron chi connectivity index (χ1n) is 19.4. The van der Waals surface area contributed by atoms with Crippen LogP contribution in [0.1, 0.15) is 128 Å². The molecule has 0 aliphatic carbocycles. The average Bonchev–Trinajstić information content (AvgIpc) is 3.08. The molecular weight excluding hydrogens is 755 g/mol. The van der Waals surface area contributed by atoms with E-state index in [-0.39, 0.29) is 24.5 Å². The molecule has 0 aromatic heterocycles. The lowest BCUT2D eigenvalue weighted by molar-refractivity contribution is -0.150. The van der Waals surface area contributed by atoms with E-state index in [2.05, 4.69) is 24.0 Å². The van der Waals surface area contributed by atoms with Crippen LogP contribution in [0.3, 0.4) is 0 Å². The molecule has 0 saturated carbocycles. The average molecular weight is 825 g/mol. The molecule has 2 atom stereocenters. The monoisotopic (exact) mass is 824 g/mol. The lowest BCUT2D eigenvalue weighted by Crippen LogP contribution is -2.46. The number of phenolic OH excluding ortho intramolecular Hbond substituents is 1. The number of carbonyl (C=O) groups is 4. The van der Waals surface area contributed by atoms with Crippen LogP contribution >= 0.6 is 7.44 Å². The van der Waals surface area contributed by atoms with E-state index in [0.29, 0.717) is 69.5 Å². The van der Waals surface area contributed by atoms with Gasteiger partial charge in [0.25, 0.3) is 11.9 Å². The van der Waals surface area contributed by atoms with Gasteiger partial charge in [-0.1, -0.05) is 38.8 Å². The number of rotatable bonds is 22. The van der Waals surface area contributed by atoms with E-state index in [9.17, 15) is 19.3 Å².